The van der Waals surface area contributed by atoms with Crippen molar-refractivity contribution in [1.82, 2.24) is 5.32 Å². The van der Waals surface area contributed by atoms with Crippen molar-refractivity contribution in [3.8, 4) is 0 Å². The Morgan fingerprint density at radius 3 is 2.38 bits per heavy atom. The number of benzene rings is 2. The van der Waals surface area contributed by atoms with Gasteiger partial charge in [-0.1, -0.05) is 79.6 Å². The second kappa shape index (κ2) is 8.60. The summed E-state index contributed by atoms with van der Waals surface area (Å²) >= 11 is 0. The Morgan fingerprint density at radius 2 is 1.62 bits per heavy atom. The quantitative estimate of drug-likeness (QED) is 0.623. The van der Waals surface area contributed by atoms with Gasteiger partial charge in [-0.2, -0.15) is 0 Å². The van der Waals surface area contributed by atoms with Gasteiger partial charge in [0.25, 0.3) is 0 Å². The van der Waals surface area contributed by atoms with Crippen molar-refractivity contribution >= 4 is 17.9 Å². The van der Waals surface area contributed by atoms with E-state index in [2.05, 4.69) is 29.6 Å². The number of ketones is 1. The summed E-state index contributed by atoms with van der Waals surface area (Å²) in [4.78, 5) is 12.5. The predicted octanol–water partition coefficient (Wildman–Crippen LogP) is 4.96. The van der Waals surface area contributed by atoms with Crippen LogP contribution in [0.2, 0.25) is 0 Å². The fourth-order valence-corrected chi connectivity index (χ4v) is 3.15. The van der Waals surface area contributed by atoms with E-state index in [-0.39, 0.29) is 5.78 Å². The van der Waals surface area contributed by atoms with Gasteiger partial charge in [0.1, 0.15) is 0 Å². The summed E-state index contributed by atoms with van der Waals surface area (Å²) in [6, 6.07) is 18.5. The predicted molar refractivity (Wildman–Crippen MR) is 101 cm³/mol. The highest BCUT2D eigenvalue weighted by molar-refractivity contribution is 5.96. The fraction of sp³-hybridized carbons (Fsp3) is 0.318. The van der Waals surface area contributed by atoms with Gasteiger partial charge >= 0.3 is 0 Å². The van der Waals surface area contributed by atoms with Crippen molar-refractivity contribution in [2.75, 3.05) is 6.54 Å². The lowest BCUT2D eigenvalue weighted by Gasteiger charge is -2.14. The van der Waals surface area contributed by atoms with Crippen molar-refractivity contribution in [2.24, 2.45) is 0 Å². The van der Waals surface area contributed by atoms with Gasteiger partial charge in [-0.05, 0) is 30.5 Å². The lowest BCUT2D eigenvalue weighted by atomic mass is 9.99. The smallest absolute Gasteiger partial charge is 0.164 e. The van der Waals surface area contributed by atoms with E-state index in [4.69, 9.17) is 0 Å². The Morgan fingerprint density at radius 1 is 0.917 bits per heavy atom. The number of hydrogen-bond donors (Lipinski definition) is 1. The third-order valence-corrected chi connectivity index (χ3v) is 4.59. The van der Waals surface area contributed by atoms with Gasteiger partial charge in [0.2, 0.25) is 0 Å². The molecular formula is C22H25NO. The maximum Gasteiger partial charge on any atom is 0.164 e. The largest absolute Gasteiger partial charge is 0.314 e. The number of rotatable bonds is 5. The molecule has 0 bridgehead atoms. The van der Waals surface area contributed by atoms with Crippen molar-refractivity contribution in [3.05, 3.63) is 71.3 Å². The van der Waals surface area contributed by atoms with Crippen LogP contribution < -0.4 is 5.32 Å². The van der Waals surface area contributed by atoms with Crippen molar-refractivity contribution in [2.45, 2.75) is 38.1 Å². The minimum absolute atomic E-state index is 0.244. The van der Waals surface area contributed by atoms with Crippen molar-refractivity contribution in [3.63, 3.8) is 0 Å². The molecule has 1 fully saturated rings. The van der Waals surface area contributed by atoms with Crippen LogP contribution in [0.4, 0.5) is 0 Å². The van der Waals surface area contributed by atoms with Gasteiger partial charge in [-0.15, -0.1) is 0 Å². The highest BCUT2D eigenvalue weighted by atomic mass is 16.1. The van der Waals surface area contributed by atoms with Crippen LogP contribution in [0.1, 0.15) is 53.6 Å². The molecular weight excluding hydrogens is 294 g/mol. The summed E-state index contributed by atoms with van der Waals surface area (Å²) in [5.41, 5.74) is 3.11. The minimum atomic E-state index is 0.244. The second-order valence-electron chi connectivity index (χ2n) is 6.49. The molecule has 1 atom stereocenters. The molecule has 1 aliphatic heterocycles. The van der Waals surface area contributed by atoms with Crippen LogP contribution in [-0.4, -0.2) is 18.4 Å². The molecule has 0 spiro atoms. The van der Waals surface area contributed by atoms with E-state index >= 15 is 0 Å². The normalized spacial score (nSPS) is 18.4. The molecule has 0 radical (unpaired) electrons. The zero-order valence-corrected chi connectivity index (χ0v) is 14.1. The Kier molecular flexibility index (Phi) is 5.97. The maximum atomic E-state index is 12.5. The Labute approximate surface area is 144 Å². The van der Waals surface area contributed by atoms with E-state index in [0.717, 1.165) is 24.1 Å². The Bertz CT molecular complexity index is 665. The van der Waals surface area contributed by atoms with Crippen LogP contribution in [0.15, 0.2) is 54.6 Å². The monoisotopic (exact) mass is 319 g/mol. The molecule has 1 heterocycles. The Balaban J connectivity index is 1.59. The summed E-state index contributed by atoms with van der Waals surface area (Å²) in [5.74, 6) is 0.244. The first kappa shape index (κ1) is 16.7. The average molecular weight is 319 g/mol. The number of carbonyl (C=O) groups is 1. The molecule has 0 saturated carbocycles. The zero-order chi connectivity index (χ0) is 16.6. The van der Waals surface area contributed by atoms with E-state index in [1.807, 2.05) is 42.5 Å². The molecule has 0 aliphatic carbocycles. The Hall–Kier alpha value is -2.19. The molecule has 2 heteroatoms. The van der Waals surface area contributed by atoms with E-state index in [9.17, 15) is 4.79 Å². The maximum absolute atomic E-state index is 12.5. The average Bonchev–Trinajstić information content (AvgIpc) is 2.90. The highest BCUT2D eigenvalue weighted by Gasteiger charge is 2.16. The lowest BCUT2D eigenvalue weighted by Crippen LogP contribution is -2.30. The summed E-state index contributed by atoms with van der Waals surface area (Å²) < 4.78 is 0. The molecule has 1 aliphatic rings. The number of carbonyl (C=O) groups excluding carboxylic acids is 1. The molecule has 2 nitrogen and oxygen atoms in total. The first-order chi connectivity index (χ1) is 11.8. The van der Waals surface area contributed by atoms with Crippen LogP contribution in [0.3, 0.4) is 0 Å². The third-order valence-electron chi connectivity index (χ3n) is 4.59. The van der Waals surface area contributed by atoms with E-state index in [1.54, 1.807) is 0 Å². The van der Waals surface area contributed by atoms with Crippen molar-refractivity contribution < 1.29 is 4.79 Å². The number of nitrogens with one attached hydrogen (secondary N) is 1. The molecule has 0 amide bonds. The van der Waals surface area contributed by atoms with Crippen LogP contribution in [0.25, 0.3) is 12.2 Å². The van der Waals surface area contributed by atoms with Gasteiger partial charge in [-0.25, -0.2) is 0 Å². The molecule has 3 rings (SSSR count). The first-order valence-electron chi connectivity index (χ1n) is 8.91. The third kappa shape index (κ3) is 4.90. The molecule has 2 aromatic carbocycles. The van der Waals surface area contributed by atoms with Crippen LogP contribution in [0, 0.1) is 0 Å². The van der Waals surface area contributed by atoms with Crippen LogP contribution in [0.5, 0.6) is 0 Å². The fourth-order valence-electron chi connectivity index (χ4n) is 3.15. The molecule has 1 N–H and O–H groups in total. The zero-order valence-electron chi connectivity index (χ0n) is 14.1. The highest BCUT2D eigenvalue weighted by Crippen LogP contribution is 2.15. The minimum Gasteiger partial charge on any atom is -0.314 e. The van der Waals surface area contributed by atoms with Gasteiger partial charge in [0.05, 0.1) is 0 Å². The number of hydrogen-bond acceptors (Lipinski definition) is 2. The van der Waals surface area contributed by atoms with Crippen LogP contribution in [-0.2, 0) is 0 Å². The molecule has 124 valence electrons. The SMILES string of the molecule is O=C(CC1CCCCCN1)c1ccc(C=Cc2ccccc2)cc1. The van der Waals surface area contributed by atoms with E-state index < -0.39 is 0 Å². The summed E-state index contributed by atoms with van der Waals surface area (Å²) in [6.07, 6.45) is 9.63. The standard InChI is InChI=1S/C22H25NO/c24-22(17-21-9-5-2-6-16-23-21)20-14-12-19(13-15-20)11-10-18-7-3-1-4-8-18/h1,3-4,7-8,10-15,21,23H,2,5-6,9,16-17H2. The molecule has 2 aromatic rings. The van der Waals surface area contributed by atoms with Gasteiger partial charge < -0.3 is 5.32 Å². The summed E-state index contributed by atoms with van der Waals surface area (Å²) in [6.45, 7) is 1.04. The second-order valence-corrected chi connectivity index (χ2v) is 6.49. The molecule has 24 heavy (non-hydrogen) atoms. The molecule has 0 aromatic heterocycles. The molecule has 1 unspecified atom stereocenters. The van der Waals surface area contributed by atoms with E-state index in [1.165, 1.54) is 24.8 Å². The molecule has 1 saturated heterocycles. The topological polar surface area (TPSA) is 29.1 Å². The summed E-state index contributed by atoms with van der Waals surface area (Å²) in [5, 5.41) is 3.50. The van der Waals surface area contributed by atoms with Crippen LogP contribution >= 0.6 is 0 Å². The van der Waals surface area contributed by atoms with Gasteiger partial charge in [-0.3, -0.25) is 4.79 Å². The lowest BCUT2D eigenvalue weighted by molar-refractivity contribution is 0.0968. The van der Waals surface area contributed by atoms with E-state index in [0.29, 0.717) is 12.5 Å². The van der Waals surface area contributed by atoms with Gasteiger partial charge in [0.15, 0.2) is 5.78 Å². The summed E-state index contributed by atoms with van der Waals surface area (Å²) in [7, 11) is 0. The first-order valence-corrected chi connectivity index (χ1v) is 8.91. The van der Waals surface area contributed by atoms with Crippen molar-refractivity contribution in [1.29, 1.82) is 0 Å². The number of Topliss-reactive ketones (excluding diaryl/α,β-unsaturated/α-hetero) is 1. The van der Waals surface area contributed by atoms with Gasteiger partial charge in [0, 0.05) is 18.0 Å².